The number of carbonyl (C=O) groups is 1. The van der Waals surface area contributed by atoms with E-state index in [9.17, 15) is 14.7 Å². The lowest BCUT2D eigenvalue weighted by Crippen LogP contribution is -2.44. The van der Waals surface area contributed by atoms with E-state index in [4.69, 9.17) is 14.8 Å². The molecule has 162 valence electrons. The van der Waals surface area contributed by atoms with Crippen molar-refractivity contribution in [3.8, 4) is 23.2 Å². The second-order valence-electron chi connectivity index (χ2n) is 8.03. The molecule has 0 saturated heterocycles. The van der Waals surface area contributed by atoms with Crippen LogP contribution in [0, 0.1) is 11.8 Å². The Hall–Kier alpha value is -3.47. The maximum absolute atomic E-state index is 13.4. The van der Waals surface area contributed by atoms with E-state index in [0.29, 0.717) is 35.5 Å². The summed E-state index contributed by atoms with van der Waals surface area (Å²) in [6.45, 7) is 3.70. The van der Waals surface area contributed by atoms with Gasteiger partial charge in [0, 0.05) is 22.1 Å². The van der Waals surface area contributed by atoms with Crippen LogP contribution in [0.3, 0.4) is 0 Å². The average molecular weight is 430 g/mol. The van der Waals surface area contributed by atoms with Crippen molar-refractivity contribution < 1.29 is 19.7 Å². The second-order valence-corrected chi connectivity index (χ2v) is 8.03. The summed E-state index contributed by atoms with van der Waals surface area (Å²) < 4.78 is 6.78. The Labute approximate surface area is 184 Å². The fraction of sp³-hybridized carbons (Fsp3) is 0.320. The van der Waals surface area contributed by atoms with E-state index in [1.165, 1.54) is 0 Å². The molecule has 0 bridgehead atoms. The maximum Gasteiger partial charge on any atom is 0.343 e. The highest BCUT2D eigenvalue weighted by atomic mass is 16.6. The third-order valence-electron chi connectivity index (χ3n) is 6.48. The van der Waals surface area contributed by atoms with Gasteiger partial charge in [0.1, 0.15) is 13.2 Å². The van der Waals surface area contributed by atoms with Crippen LogP contribution in [0.15, 0.2) is 29.1 Å². The minimum Gasteiger partial charge on any atom is -0.458 e. The van der Waals surface area contributed by atoms with E-state index in [1.807, 2.05) is 25.1 Å². The summed E-state index contributed by atoms with van der Waals surface area (Å²) in [5.74, 6) is 4.98. The Morgan fingerprint density at radius 1 is 1.25 bits per heavy atom. The van der Waals surface area contributed by atoms with E-state index < -0.39 is 11.6 Å². The molecule has 0 saturated carbocycles. The highest BCUT2D eigenvalue weighted by Gasteiger charge is 2.45. The van der Waals surface area contributed by atoms with E-state index in [-0.39, 0.29) is 25.2 Å². The number of rotatable bonds is 2. The molecule has 0 amide bonds. The standard InChI is InChI=1S/C25H22N2O5/c1-3-15-16-12-27-20(11-18-17(23(27)29)13-32-24(30)25(18,31)4-2)22(16)26-19-9-5-7-14(21(15)19)8-6-10-28/h5,7,9,11,28,31H,3-4,10,12-13H2,1-2H3/t25-/m0/s1. The molecule has 0 aliphatic carbocycles. The number of nitrogens with zero attached hydrogens (tertiary/aromatic N) is 2. The predicted octanol–water partition coefficient (Wildman–Crippen LogP) is 1.99. The number of ether oxygens (including phenoxy) is 1. The Kier molecular flexibility index (Phi) is 4.66. The normalized spacial score (nSPS) is 18.4. The van der Waals surface area contributed by atoms with Gasteiger partial charge < -0.3 is 19.5 Å². The zero-order chi connectivity index (χ0) is 22.6. The summed E-state index contributed by atoms with van der Waals surface area (Å²) >= 11 is 0. The molecule has 1 atom stereocenters. The molecule has 1 aromatic carbocycles. The number of aryl methyl sites for hydroxylation is 1. The van der Waals surface area contributed by atoms with Gasteiger partial charge in [-0.1, -0.05) is 31.8 Å². The van der Waals surface area contributed by atoms with Crippen LogP contribution in [-0.4, -0.2) is 32.3 Å². The summed E-state index contributed by atoms with van der Waals surface area (Å²) in [5, 5.41) is 21.1. The lowest BCUT2D eigenvalue weighted by Gasteiger charge is -2.31. The fourth-order valence-electron chi connectivity index (χ4n) is 4.85. The zero-order valence-corrected chi connectivity index (χ0v) is 17.9. The van der Waals surface area contributed by atoms with E-state index in [0.717, 1.165) is 27.6 Å². The predicted molar refractivity (Wildman–Crippen MR) is 118 cm³/mol. The third-order valence-corrected chi connectivity index (χ3v) is 6.48. The fourth-order valence-corrected chi connectivity index (χ4v) is 4.85. The molecule has 0 unspecified atom stereocenters. The number of cyclic esters (lactones) is 1. The van der Waals surface area contributed by atoms with Gasteiger partial charge in [0.15, 0.2) is 5.60 Å². The Bertz CT molecular complexity index is 1430. The molecule has 5 rings (SSSR count). The van der Waals surface area contributed by atoms with Crippen molar-refractivity contribution in [3.05, 3.63) is 62.4 Å². The lowest BCUT2D eigenvalue weighted by atomic mass is 9.86. The number of aliphatic hydroxyl groups excluding tert-OH is 1. The highest BCUT2D eigenvalue weighted by Crippen LogP contribution is 2.40. The van der Waals surface area contributed by atoms with Crippen LogP contribution < -0.4 is 5.56 Å². The van der Waals surface area contributed by atoms with Gasteiger partial charge in [0.05, 0.1) is 29.0 Å². The first-order chi connectivity index (χ1) is 15.4. The van der Waals surface area contributed by atoms with Crippen molar-refractivity contribution >= 4 is 16.9 Å². The highest BCUT2D eigenvalue weighted by molar-refractivity contribution is 5.93. The van der Waals surface area contributed by atoms with Gasteiger partial charge in [-0.2, -0.15) is 0 Å². The molecule has 4 heterocycles. The van der Waals surface area contributed by atoms with Crippen molar-refractivity contribution in [2.75, 3.05) is 6.61 Å². The van der Waals surface area contributed by atoms with Crippen molar-refractivity contribution in [2.24, 2.45) is 0 Å². The minimum atomic E-state index is -1.84. The molecule has 7 heteroatoms. The number of hydrogen-bond donors (Lipinski definition) is 2. The number of pyridine rings is 2. The van der Waals surface area contributed by atoms with Crippen LogP contribution in [-0.2, 0) is 34.7 Å². The Balaban J connectivity index is 1.82. The van der Waals surface area contributed by atoms with Gasteiger partial charge >= 0.3 is 5.97 Å². The smallest absolute Gasteiger partial charge is 0.343 e. The first-order valence-corrected chi connectivity index (χ1v) is 10.7. The maximum atomic E-state index is 13.4. The molecule has 0 radical (unpaired) electrons. The van der Waals surface area contributed by atoms with Crippen LogP contribution in [0.5, 0.6) is 0 Å². The van der Waals surface area contributed by atoms with Gasteiger partial charge in [-0.15, -0.1) is 0 Å². The number of carbonyl (C=O) groups excluding carboxylic acids is 1. The number of aliphatic hydroxyl groups is 2. The van der Waals surface area contributed by atoms with Crippen LogP contribution in [0.2, 0.25) is 0 Å². The van der Waals surface area contributed by atoms with Crippen LogP contribution in [0.25, 0.3) is 22.3 Å². The van der Waals surface area contributed by atoms with Gasteiger partial charge in [-0.25, -0.2) is 9.78 Å². The number of benzene rings is 1. The third kappa shape index (κ3) is 2.67. The van der Waals surface area contributed by atoms with Crippen LogP contribution in [0.4, 0.5) is 0 Å². The molecule has 0 fully saturated rings. The monoisotopic (exact) mass is 430 g/mol. The zero-order valence-electron chi connectivity index (χ0n) is 17.9. The number of fused-ring (bicyclic) bond motifs is 5. The molecule has 0 spiro atoms. The lowest BCUT2D eigenvalue weighted by molar-refractivity contribution is -0.172. The van der Waals surface area contributed by atoms with E-state index in [2.05, 4.69) is 11.8 Å². The second kappa shape index (κ2) is 7.30. The molecule has 2 aliphatic rings. The summed E-state index contributed by atoms with van der Waals surface area (Å²) in [6.07, 6.45) is 0.814. The summed E-state index contributed by atoms with van der Waals surface area (Å²) in [5.41, 5.74) is 3.28. The first kappa shape index (κ1) is 20.4. The number of esters is 1. The first-order valence-electron chi connectivity index (χ1n) is 10.7. The molecule has 3 aromatic rings. The Morgan fingerprint density at radius 3 is 2.78 bits per heavy atom. The van der Waals surface area contributed by atoms with Gasteiger partial charge in [-0.05, 0) is 36.6 Å². The SMILES string of the molecule is CCc1c2c(nc3cccc(C#CCO)c13)-c1cc3c(c(=O)n1C2)COC(=O)[C@]3(O)CC. The van der Waals surface area contributed by atoms with Crippen molar-refractivity contribution in [1.29, 1.82) is 0 Å². The summed E-state index contributed by atoms with van der Waals surface area (Å²) in [6, 6.07) is 7.39. The van der Waals surface area contributed by atoms with Crippen molar-refractivity contribution in [1.82, 2.24) is 9.55 Å². The molecular formula is C25H22N2O5. The van der Waals surface area contributed by atoms with Crippen LogP contribution >= 0.6 is 0 Å². The quantitative estimate of drug-likeness (QED) is 0.373. The topological polar surface area (TPSA) is 102 Å². The Morgan fingerprint density at radius 2 is 2.06 bits per heavy atom. The van der Waals surface area contributed by atoms with Crippen molar-refractivity contribution in [2.45, 2.75) is 45.4 Å². The molecular weight excluding hydrogens is 408 g/mol. The molecule has 7 nitrogen and oxygen atoms in total. The van der Waals surface area contributed by atoms with Gasteiger partial charge in [0.2, 0.25) is 0 Å². The summed E-state index contributed by atoms with van der Waals surface area (Å²) in [7, 11) is 0. The van der Waals surface area contributed by atoms with Gasteiger partial charge in [0.25, 0.3) is 5.56 Å². The number of aromatic nitrogens is 2. The molecule has 32 heavy (non-hydrogen) atoms. The minimum absolute atomic E-state index is 0.104. The van der Waals surface area contributed by atoms with E-state index in [1.54, 1.807) is 17.6 Å². The molecule has 2 aromatic heterocycles. The largest absolute Gasteiger partial charge is 0.458 e. The summed E-state index contributed by atoms with van der Waals surface area (Å²) in [4.78, 5) is 30.6. The van der Waals surface area contributed by atoms with Crippen LogP contribution in [0.1, 0.15) is 48.1 Å². The van der Waals surface area contributed by atoms with Crippen molar-refractivity contribution in [3.63, 3.8) is 0 Å². The average Bonchev–Trinajstić information content (AvgIpc) is 3.17. The molecule has 2 N–H and O–H groups in total. The molecule has 2 aliphatic heterocycles. The van der Waals surface area contributed by atoms with E-state index >= 15 is 0 Å². The number of hydrogen-bond acceptors (Lipinski definition) is 6. The van der Waals surface area contributed by atoms with Gasteiger partial charge in [-0.3, -0.25) is 4.79 Å².